The Morgan fingerprint density at radius 3 is 2.62 bits per heavy atom. The van der Waals surface area contributed by atoms with Gasteiger partial charge in [0.2, 0.25) is 0 Å². The third-order valence-electron chi connectivity index (χ3n) is 2.17. The number of hydrogen-bond acceptors (Lipinski definition) is 4. The Balaban J connectivity index is 2.86. The Bertz CT molecular complexity index is 305. The monoisotopic (exact) mass is 182 g/mol. The minimum atomic E-state index is -0.197. The summed E-state index contributed by atoms with van der Waals surface area (Å²) in [6, 6.07) is -0.151. The van der Waals surface area contributed by atoms with E-state index in [1.165, 1.54) is 10.9 Å². The van der Waals surface area contributed by atoms with Gasteiger partial charge in [-0.15, -0.1) is 5.10 Å². The summed E-state index contributed by atoms with van der Waals surface area (Å²) >= 11 is 0. The summed E-state index contributed by atoms with van der Waals surface area (Å²) in [5, 5.41) is 7.32. The summed E-state index contributed by atoms with van der Waals surface area (Å²) in [5.74, 6) is -0.209. The van der Waals surface area contributed by atoms with Crippen molar-refractivity contribution in [3.63, 3.8) is 0 Å². The van der Waals surface area contributed by atoms with Gasteiger partial charge < -0.3 is 5.73 Å². The second-order valence-corrected chi connectivity index (χ2v) is 3.25. The Morgan fingerprint density at radius 1 is 1.62 bits per heavy atom. The number of carbonyl (C=O) groups excluding carboxylic acids is 1. The van der Waals surface area contributed by atoms with Crippen molar-refractivity contribution in [3.05, 3.63) is 11.9 Å². The molecule has 0 amide bonds. The highest BCUT2D eigenvalue weighted by molar-refractivity contribution is 5.96. The van der Waals surface area contributed by atoms with Crippen LogP contribution in [0.1, 0.15) is 24.3 Å². The molecule has 0 aromatic carbocycles. The lowest BCUT2D eigenvalue weighted by molar-refractivity contribution is 0.0907. The van der Waals surface area contributed by atoms with E-state index in [0.717, 1.165) is 0 Å². The van der Waals surface area contributed by atoms with E-state index < -0.39 is 0 Å². The lowest BCUT2D eigenvalue weighted by Crippen LogP contribution is -2.31. The minimum absolute atomic E-state index is 0.0116. The standard InChI is InChI=1S/C8H14N4O/c1-5(6(2)9)8(13)7-4-10-11-12(7)3/h4-6H,9H2,1-3H3. The topological polar surface area (TPSA) is 73.8 Å². The zero-order chi connectivity index (χ0) is 10.0. The van der Waals surface area contributed by atoms with Gasteiger partial charge >= 0.3 is 0 Å². The number of nitrogens with two attached hydrogens (primary N) is 1. The number of aryl methyl sites for hydroxylation is 1. The maximum absolute atomic E-state index is 11.7. The first-order valence-corrected chi connectivity index (χ1v) is 4.18. The Hall–Kier alpha value is -1.23. The van der Waals surface area contributed by atoms with Crippen molar-refractivity contribution < 1.29 is 4.79 Å². The molecule has 1 heterocycles. The minimum Gasteiger partial charge on any atom is -0.327 e. The van der Waals surface area contributed by atoms with Crippen LogP contribution in [0.4, 0.5) is 0 Å². The van der Waals surface area contributed by atoms with Gasteiger partial charge in [-0.2, -0.15) is 0 Å². The van der Waals surface area contributed by atoms with Gasteiger partial charge in [0.15, 0.2) is 5.78 Å². The van der Waals surface area contributed by atoms with E-state index in [0.29, 0.717) is 5.69 Å². The van der Waals surface area contributed by atoms with Crippen LogP contribution in [0.5, 0.6) is 0 Å². The van der Waals surface area contributed by atoms with Gasteiger partial charge in [-0.25, -0.2) is 4.68 Å². The van der Waals surface area contributed by atoms with Crippen LogP contribution >= 0.6 is 0 Å². The summed E-state index contributed by atoms with van der Waals surface area (Å²) in [7, 11) is 1.69. The molecule has 2 N–H and O–H groups in total. The molecule has 0 radical (unpaired) electrons. The van der Waals surface area contributed by atoms with E-state index in [1.807, 2.05) is 6.92 Å². The molecule has 0 aliphatic heterocycles. The molecule has 1 aromatic rings. The van der Waals surface area contributed by atoms with Crippen molar-refractivity contribution >= 4 is 5.78 Å². The molecule has 5 nitrogen and oxygen atoms in total. The number of nitrogens with zero attached hydrogens (tertiary/aromatic N) is 3. The van der Waals surface area contributed by atoms with Crippen molar-refractivity contribution in [1.82, 2.24) is 15.0 Å². The Morgan fingerprint density at radius 2 is 2.23 bits per heavy atom. The number of aromatic nitrogens is 3. The van der Waals surface area contributed by atoms with Crippen LogP contribution in [0.3, 0.4) is 0 Å². The normalized spacial score (nSPS) is 15.4. The highest BCUT2D eigenvalue weighted by atomic mass is 16.1. The van der Waals surface area contributed by atoms with Crippen LogP contribution < -0.4 is 5.73 Å². The second-order valence-electron chi connectivity index (χ2n) is 3.25. The SMILES string of the molecule is CC(N)C(C)C(=O)c1cnnn1C. The first kappa shape index (κ1) is 9.85. The van der Waals surface area contributed by atoms with E-state index in [4.69, 9.17) is 5.73 Å². The van der Waals surface area contributed by atoms with Crippen molar-refractivity contribution in [1.29, 1.82) is 0 Å². The molecule has 0 saturated heterocycles. The third-order valence-corrected chi connectivity index (χ3v) is 2.17. The van der Waals surface area contributed by atoms with Crippen LogP contribution in [0.15, 0.2) is 6.20 Å². The van der Waals surface area contributed by atoms with Gasteiger partial charge in [-0.05, 0) is 6.92 Å². The Kier molecular flexibility index (Phi) is 2.77. The molecule has 5 heteroatoms. The molecule has 2 atom stereocenters. The van der Waals surface area contributed by atoms with Gasteiger partial charge in [0.1, 0.15) is 5.69 Å². The fourth-order valence-electron chi connectivity index (χ4n) is 0.985. The molecule has 0 fully saturated rings. The van der Waals surface area contributed by atoms with Crippen molar-refractivity contribution in [2.45, 2.75) is 19.9 Å². The molecular formula is C8H14N4O. The molecule has 2 unspecified atom stereocenters. The summed E-state index contributed by atoms with van der Waals surface area (Å²) in [5.41, 5.74) is 6.13. The highest BCUT2D eigenvalue weighted by Crippen LogP contribution is 2.08. The molecule has 1 aromatic heterocycles. The van der Waals surface area contributed by atoms with Gasteiger partial charge in [-0.3, -0.25) is 4.79 Å². The van der Waals surface area contributed by atoms with Gasteiger partial charge in [0.05, 0.1) is 6.20 Å². The molecule has 0 spiro atoms. The van der Waals surface area contributed by atoms with Crippen LogP contribution in [0.25, 0.3) is 0 Å². The fraction of sp³-hybridized carbons (Fsp3) is 0.625. The van der Waals surface area contributed by atoms with E-state index in [2.05, 4.69) is 10.3 Å². The average molecular weight is 182 g/mol. The van der Waals surface area contributed by atoms with E-state index in [1.54, 1.807) is 14.0 Å². The number of ketones is 1. The molecule has 1 rings (SSSR count). The molecule has 13 heavy (non-hydrogen) atoms. The smallest absolute Gasteiger partial charge is 0.186 e. The molecule has 0 bridgehead atoms. The van der Waals surface area contributed by atoms with Gasteiger partial charge in [0, 0.05) is 19.0 Å². The van der Waals surface area contributed by atoms with Crippen molar-refractivity contribution in [2.24, 2.45) is 18.7 Å². The maximum Gasteiger partial charge on any atom is 0.186 e. The van der Waals surface area contributed by atoms with Crippen LogP contribution in [-0.2, 0) is 7.05 Å². The predicted molar refractivity (Wildman–Crippen MR) is 48.1 cm³/mol. The van der Waals surface area contributed by atoms with Crippen LogP contribution in [0.2, 0.25) is 0 Å². The maximum atomic E-state index is 11.7. The summed E-state index contributed by atoms with van der Waals surface area (Å²) in [6.07, 6.45) is 1.46. The van der Waals surface area contributed by atoms with Gasteiger partial charge in [-0.1, -0.05) is 12.1 Å². The lowest BCUT2D eigenvalue weighted by atomic mass is 9.97. The van der Waals surface area contributed by atoms with Crippen LogP contribution in [-0.4, -0.2) is 26.8 Å². The summed E-state index contributed by atoms with van der Waals surface area (Å²) in [6.45, 7) is 3.62. The first-order valence-electron chi connectivity index (χ1n) is 4.18. The summed E-state index contributed by atoms with van der Waals surface area (Å²) < 4.78 is 1.46. The molecule has 0 saturated carbocycles. The number of hydrogen-bond donors (Lipinski definition) is 1. The third kappa shape index (κ3) is 1.92. The highest BCUT2D eigenvalue weighted by Gasteiger charge is 2.21. The Labute approximate surface area is 76.9 Å². The quantitative estimate of drug-likeness (QED) is 0.667. The lowest BCUT2D eigenvalue weighted by Gasteiger charge is -2.13. The van der Waals surface area contributed by atoms with Gasteiger partial charge in [0.25, 0.3) is 0 Å². The molecule has 72 valence electrons. The fourth-order valence-corrected chi connectivity index (χ4v) is 0.985. The number of carbonyl (C=O) groups is 1. The second kappa shape index (κ2) is 3.66. The molecular weight excluding hydrogens is 168 g/mol. The van der Waals surface area contributed by atoms with E-state index in [9.17, 15) is 4.79 Å². The number of Topliss-reactive ketones (excluding diaryl/α,β-unsaturated/α-hetero) is 1. The van der Waals surface area contributed by atoms with Crippen molar-refractivity contribution in [3.8, 4) is 0 Å². The average Bonchev–Trinajstić information content (AvgIpc) is 2.48. The zero-order valence-corrected chi connectivity index (χ0v) is 8.06. The van der Waals surface area contributed by atoms with Crippen LogP contribution in [0, 0.1) is 5.92 Å². The first-order chi connectivity index (χ1) is 6.04. The predicted octanol–water partition coefficient (Wildman–Crippen LogP) is -0.0189. The van der Waals surface area contributed by atoms with E-state index in [-0.39, 0.29) is 17.7 Å². The van der Waals surface area contributed by atoms with E-state index >= 15 is 0 Å². The number of rotatable bonds is 3. The van der Waals surface area contributed by atoms with Crippen molar-refractivity contribution in [2.75, 3.05) is 0 Å². The molecule has 0 aliphatic rings. The zero-order valence-electron chi connectivity index (χ0n) is 8.06. The summed E-state index contributed by atoms with van der Waals surface area (Å²) in [4.78, 5) is 11.7. The largest absolute Gasteiger partial charge is 0.327 e. The molecule has 0 aliphatic carbocycles.